The van der Waals surface area contributed by atoms with Gasteiger partial charge in [-0.1, -0.05) is 0 Å². The van der Waals surface area contributed by atoms with Gasteiger partial charge in [-0.25, -0.2) is 9.07 Å². The number of aromatic nitrogens is 2. The topological polar surface area (TPSA) is 59.4 Å². The second kappa shape index (κ2) is 8.94. The van der Waals surface area contributed by atoms with Crippen LogP contribution in [0.3, 0.4) is 0 Å². The SMILES string of the molecule is CN(Cc1cnn(-c2ccc(F)cc2)c1)C(=O)CC1CNCCO1.Cl. The predicted molar refractivity (Wildman–Crippen MR) is 94.5 cm³/mol. The van der Waals surface area contributed by atoms with Gasteiger partial charge in [-0.15, -0.1) is 12.4 Å². The highest BCUT2D eigenvalue weighted by atomic mass is 35.5. The third-order valence-corrected chi connectivity index (χ3v) is 3.98. The summed E-state index contributed by atoms with van der Waals surface area (Å²) in [6.07, 6.45) is 3.87. The zero-order valence-electron chi connectivity index (χ0n) is 14.0. The van der Waals surface area contributed by atoms with Crippen molar-refractivity contribution in [3.8, 4) is 5.69 Å². The van der Waals surface area contributed by atoms with Gasteiger partial charge in [0.25, 0.3) is 0 Å². The maximum atomic E-state index is 13.0. The van der Waals surface area contributed by atoms with Crippen molar-refractivity contribution >= 4 is 18.3 Å². The normalized spacial score (nSPS) is 17.0. The summed E-state index contributed by atoms with van der Waals surface area (Å²) in [6, 6.07) is 6.11. The quantitative estimate of drug-likeness (QED) is 0.873. The number of hydrogen-bond donors (Lipinski definition) is 1. The molecular formula is C17H22ClFN4O2. The number of carbonyl (C=O) groups is 1. The zero-order chi connectivity index (χ0) is 16.9. The summed E-state index contributed by atoms with van der Waals surface area (Å²) in [5, 5.41) is 7.48. The third kappa shape index (κ3) is 5.26. The molecule has 1 saturated heterocycles. The highest BCUT2D eigenvalue weighted by Gasteiger charge is 2.20. The summed E-state index contributed by atoms with van der Waals surface area (Å²) in [5.74, 6) is -0.242. The van der Waals surface area contributed by atoms with Crippen LogP contribution in [-0.2, 0) is 16.1 Å². The number of nitrogens with one attached hydrogen (secondary N) is 1. The zero-order valence-corrected chi connectivity index (χ0v) is 14.8. The van der Waals surface area contributed by atoms with E-state index in [1.807, 2.05) is 6.20 Å². The maximum absolute atomic E-state index is 13.0. The molecule has 1 unspecified atom stereocenters. The van der Waals surface area contributed by atoms with Crippen molar-refractivity contribution in [2.75, 3.05) is 26.7 Å². The lowest BCUT2D eigenvalue weighted by atomic mass is 10.2. The molecule has 1 atom stereocenters. The smallest absolute Gasteiger partial charge is 0.225 e. The van der Waals surface area contributed by atoms with E-state index in [-0.39, 0.29) is 30.2 Å². The predicted octanol–water partition coefficient (Wildman–Crippen LogP) is 1.77. The largest absolute Gasteiger partial charge is 0.375 e. The average molecular weight is 369 g/mol. The van der Waals surface area contributed by atoms with Crippen LogP contribution in [0.4, 0.5) is 4.39 Å². The molecule has 8 heteroatoms. The minimum Gasteiger partial charge on any atom is -0.375 e. The Bertz CT molecular complexity index is 686. The molecule has 1 amide bonds. The molecule has 2 aromatic rings. The van der Waals surface area contributed by atoms with Crippen LogP contribution >= 0.6 is 12.4 Å². The Hall–Kier alpha value is -1.96. The van der Waals surface area contributed by atoms with E-state index in [1.165, 1.54) is 12.1 Å². The molecule has 0 saturated carbocycles. The standard InChI is InChI=1S/C17H21FN4O2.ClH/c1-21(17(23)8-16-10-19-6-7-24-16)11-13-9-20-22(12-13)15-4-2-14(18)3-5-15;/h2-5,9,12,16,19H,6-8,10-11H2,1H3;1H. The molecule has 1 aliphatic heterocycles. The lowest BCUT2D eigenvalue weighted by Gasteiger charge is -2.25. The number of carbonyl (C=O) groups excluding carboxylic acids is 1. The molecule has 1 aliphatic rings. The number of rotatable bonds is 5. The van der Waals surface area contributed by atoms with Gasteiger partial charge in [-0.05, 0) is 24.3 Å². The first-order valence-electron chi connectivity index (χ1n) is 7.97. The summed E-state index contributed by atoms with van der Waals surface area (Å²) in [6.45, 7) is 2.66. The Morgan fingerprint density at radius 2 is 2.20 bits per heavy atom. The van der Waals surface area contributed by atoms with E-state index >= 15 is 0 Å². The number of halogens is 2. The summed E-state index contributed by atoms with van der Waals surface area (Å²) < 4.78 is 20.2. The summed E-state index contributed by atoms with van der Waals surface area (Å²) in [7, 11) is 1.77. The van der Waals surface area contributed by atoms with Gasteiger partial charge in [0.1, 0.15) is 5.82 Å². The minimum absolute atomic E-state index is 0. The summed E-state index contributed by atoms with van der Waals surface area (Å²) in [5.41, 5.74) is 1.69. The molecular weight excluding hydrogens is 347 g/mol. The van der Waals surface area contributed by atoms with Crippen molar-refractivity contribution in [1.29, 1.82) is 0 Å². The van der Waals surface area contributed by atoms with Crippen molar-refractivity contribution in [2.45, 2.75) is 19.1 Å². The van der Waals surface area contributed by atoms with Gasteiger partial charge in [0.05, 0.1) is 31.0 Å². The monoisotopic (exact) mass is 368 g/mol. The van der Waals surface area contributed by atoms with Gasteiger partial charge in [0, 0.05) is 38.4 Å². The molecule has 0 spiro atoms. The molecule has 1 aromatic carbocycles. The Balaban J connectivity index is 0.00000225. The molecule has 1 aromatic heterocycles. The number of benzene rings is 1. The number of hydrogen-bond acceptors (Lipinski definition) is 4. The number of ether oxygens (including phenoxy) is 1. The van der Waals surface area contributed by atoms with Crippen LogP contribution in [0.15, 0.2) is 36.7 Å². The van der Waals surface area contributed by atoms with E-state index in [0.717, 1.165) is 17.8 Å². The number of amides is 1. The van der Waals surface area contributed by atoms with E-state index in [9.17, 15) is 9.18 Å². The van der Waals surface area contributed by atoms with Crippen molar-refractivity contribution in [3.05, 3.63) is 48.0 Å². The van der Waals surface area contributed by atoms with E-state index in [2.05, 4.69) is 10.4 Å². The van der Waals surface area contributed by atoms with E-state index in [1.54, 1.807) is 35.0 Å². The first kappa shape index (κ1) is 19.4. The first-order chi connectivity index (χ1) is 11.6. The minimum atomic E-state index is -0.282. The van der Waals surface area contributed by atoms with E-state index in [4.69, 9.17) is 4.74 Å². The van der Waals surface area contributed by atoms with Gasteiger partial charge in [0.15, 0.2) is 0 Å². The van der Waals surface area contributed by atoms with Gasteiger partial charge in [-0.3, -0.25) is 4.79 Å². The maximum Gasteiger partial charge on any atom is 0.225 e. The van der Waals surface area contributed by atoms with Crippen molar-refractivity contribution in [2.24, 2.45) is 0 Å². The lowest BCUT2D eigenvalue weighted by Crippen LogP contribution is -2.41. The molecule has 6 nitrogen and oxygen atoms in total. The van der Waals surface area contributed by atoms with Gasteiger partial charge in [0.2, 0.25) is 5.91 Å². The lowest BCUT2D eigenvalue weighted by molar-refractivity contribution is -0.133. The fraction of sp³-hybridized carbons (Fsp3) is 0.412. The Morgan fingerprint density at radius 1 is 1.44 bits per heavy atom. The van der Waals surface area contributed by atoms with Crippen LogP contribution in [0.1, 0.15) is 12.0 Å². The fourth-order valence-corrected chi connectivity index (χ4v) is 2.64. The fourth-order valence-electron chi connectivity index (χ4n) is 2.64. The second-order valence-corrected chi connectivity index (χ2v) is 5.92. The van der Waals surface area contributed by atoms with Crippen LogP contribution in [0.5, 0.6) is 0 Å². The highest BCUT2D eigenvalue weighted by molar-refractivity contribution is 5.85. The molecule has 3 rings (SSSR count). The van der Waals surface area contributed by atoms with Gasteiger partial charge >= 0.3 is 0 Å². The van der Waals surface area contributed by atoms with Crippen LogP contribution in [0, 0.1) is 5.82 Å². The molecule has 0 bridgehead atoms. The van der Waals surface area contributed by atoms with E-state index < -0.39 is 0 Å². The molecule has 1 fully saturated rings. The Morgan fingerprint density at radius 3 is 2.88 bits per heavy atom. The van der Waals surface area contributed by atoms with Crippen LogP contribution in [0.25, 0.3) is 5.69 Å². The van der Waals surface area contributed by atoms with Crippen LogP contribution in [0.2, 0.25) is 0 Å². The van der Waals surface area contributed by atoms with Crippen molar-refractivity contribution < 1.29 is 13.9 Å². The third-order valence-electron chi connectivity index (χ3n) is 3.98. The second-order valence-electron chi connectivity index (χ2n) is 5.92. The summed E-state index contributed by atoms with van der Waals surface area (Å²) >= 11 is 0. The Labute approximate surface area is 152 Å². The molecule has 136 valence electrons. The van der Waals surface area contributed by atoms with Gasteiger partial charge < -0.3 is 15.0 Å². The number of morpholine rings is 1. The highest BCUT2D eigenvalue weighted by Crippen LogP contribution is 2.12. The van der Waals surface area contributed by atoms with Crippen molar-refractivity contribution in [1.82, 2.24) is 20.0 Å². The van der Waals surface area contributed by atoms with E-state index in [0.29, 0.717) is 26.1 Å². The molecule has 0 radical (unpaired) electrons. The van der Waals surface area contributed by atoms with Crippen LogP contribution in [-0.4, -0.2) is 53.4 Å². The molecule has 2 heterocycles. The van der Waals surface area contributed by atoms with Crippen molar-refractivity contribution in [3.63, 3.8) is 0 Å². The van der Waals surface area contributed by atoms with Crippen LogP contribution < -0.4 is 5.32 Å². The number of nitrogens with zero attached hydrogens (tertiary/aromatic N) is 3. The first-order valence-corrected chi connectivity index (χ1v) is 7.97. The molecule has 1 N–H and O–H groups in total. The molecule has 0 aliphatic carbocycles. The average Bonchev–Trinajstić information content (AvgIpc) is 3.05. The molecule has 25 heavy (non-hydrogen) atoms. The Kier molecular flexibility index (Phi) is 6.92. The van der Waals surface area contributed by atoms with Gasteiger partial charge in [-0.2, -0.15) is 5.10 Å². The summed E-state index contributed by atoms with van der Waals surface area (Å²) in [4.78, 5) is 13.9.